The molecule has 1 rings (SSSR count). The standard InChI is InChI=1S/C4H6N4O/c5-3-2(4(6)9)7-1-8-3/h1H,5H2,(H2,6,9)(H,7,8)/i5+0,6+1. The summed E-state index contributed by atoms with van der Waals surface area (Å²) in [4.78, 5) is 16.4. The van der Waals surface area contributed by atoms with E-state index in [1.54, 1.807) is 0 Å². The Morgan fingerprint density at radius 2 is 2.44 bits per heavy atom. The first kappa shape index (κ1) is 5.61. The molecule has 1 amide bonds. The summed E-state index contributed by atoms with van der Waals surface area (Å²) in [5, 5.41) is 0. The minimum absolute atomic E-state index is 0.141. The van der Waals surface area contributed by atoms with Crippen LogP contribution in [-0.4, -0.2) is 15.9 Å². The van der Waals surface area contributed by atoms with Gasteiger partial charge in [-0.2, -0.15) is 0 Å². The van der Waals surface area contributed by atoms with Crippen LogP contribution < -0.4 is 11.5 Å². The average molecular weight is 127 g/mol. The second-order valence-corrected chi connectivity index (χ2v) is 1.53. The number of carbonyl (C=O) groups is 1. The van der Waals surface area contributed by atoms with Gasteiger partial charge in [0.15, 0.2) is 5.82 Å². The molecule has 9 heavy (non-hydrogen) atoms. The lowest BCUT2D eigenvalue weighted by Crippen LogP contribution is -2.13. The number of H-pyrrole nitrogens is 1. The first-order valence-corrected chi connectivity index (χ1v) is 2.30. The van der Waals surface area contributed by atoms with Gasteiger partial charge in [-0.25, -0.2) is 4.98 Å². The Labute approximate surface area is 51.1 Å². The van der Waals surface area contributed by atoms with Crippen molar-refractivity contribution >= 4 is 11.7 Å². The number of nitrogens with zero attached hydrogens (tertiary/aromatic N) is 1. The summed E-state index contributed by atoms with van der Waals surface area (Å²) >= 11 is 0. The van der Waals surface area contributed by atoms with Gasteiger partial charge in [0, 0.05) is 0 Å². The van der Waals surface area contributed by atoms with Crippen LogP contribution in [-0.2, 0) is 0 Å². The van der Waals surface area contributed by atoms with Gasteiger partial charge in [0.25, 0.3) is 5.91 Å². The molecule has 0 saturated carbocycles. The number of anilines is 1. The smallest absolute Gasteiger partial charge is 0.269 e. The van der Waals surface area contributed by atoms with E-state index in [0.717, 1.165) is 0 Å². The van der Waals surface area contributed by atoms with Crippen molar-refractivity contribution in [2.24, 2.45) is 5.73 Å². The predicted molar refractivity (Wildman–Crippen MR) is 31.5 cm³/mol. The summed E-state index contributed by atoms with van der Waals surface area (Å²) in [6.07, 6.45) is 1.31. The Bertz CT molecular complexity index is 228. The maximum absolute atomic E-state index is 10.4. The van der Waals surface area contributed by atoms with Gasteiger partial charge in [0.1, 0.15) is 5.69 Å². The summed E-state index contributed by atoms with van der Waals surface area (Å²) in [5.41, 5.74) is 10.2. The van der Waals surface area contributed by atoms with E-state index >= 15 is 0 Å². The molecule has 0 aliphatic heterocycles. The van der Waals surface area contributed by atoms with Crippen LogP contribution in [0.2, 0.25) is 0 Å². The Kier molecular flexibility index (Phi) is 1.11. The SMILES string of the molecule is [14NH2]c1nc[nH]c1C([15NH2])=O. The average Bonchev–Trinajstić information content (AvgIpc) is 2.13. The summed E-state index contributed by atoms with van der Waals surface area (Å²) in [6.45, 7) is 0. The molecule has 1 aromatic heterocycles. The number of amides is 1. The largest absolute Gasteiger partial charge is 0.382 e. The van der Waals surface area contributed by atoms with Crippen molar-refractivity contribution in [1.29, 1.82) is 0 Å². The van der Waals surface area contributed by atoms with Crippen LogP contribution in [0.25, 0.3) is 0 Å². The number of rotatable bonds is 1. The van der Waals surface area contributed by atoms with Crippen LogP contribution in [0, 0.1) is 0 Å². The molecule has 0 atom stereocenters. The molecule has 1 heterocycles. The molecule has 5 N–H and O–H groups in total. The Hall–Kier alpha value is -1.52. The van der Waals surface area contributed by atoms with E-state index in [2.05, 4.69) is 9.97 Å². The highest BCUT2D eigenvalue weighted by Crippen LogP contribution is 2.00. The molecular weight excluding hydrogens is 121 g/mol. The number of imidazole rings is 1. The molecule has 1 aromatic rings. The van der Waals surface area contributed by atoms with E-state index < -0.39 is 5.91 Å². The number of hydrogen-bond donors (Lipinski definition) is 3. The van der Waals surface area contributed by atoms with E-state index in [1.165, 1.54) is 6.33 Å². The van der Waals surface area contributed by atoms with E-state index in [4.69, 9.17) is 11.5 Å². The van der Waals surface area contributed by atoms with Crippen LogP contribution in [0.5, 0.6) is 0 Å². The highest BCUT2D eigenvalue weighted by molar-refractivity contribution is 5.94. The predicted octanol–water partition coefficient (Wildman–Crippen LogP) is -0.909. The lowest BCUT2D eigenvalue weighted by atomic mass is 10.4. The first-order valence-electron chi connectivity index (χ1n) is 2.30. The second-order valence-electron chi connectivity index (χ2n) is 1.53. The zero-order valence-corrected chi connectivity index (χ0v) is 4.59. The van der Waals surface area contributed by atoms with Crippen molar-refractivity contribution in [1.82, 2.24) is 9.97 Å². The zero-order valence-electron chi connectivity index (χ0n) is 4.59. The van der Waals surface area contributed by atoms with Crippen molar-refractivity contribution in [2.45, 2.75) is 0 Å². The normalized spacial score (nSPS) is 9.33. The molecule has 5 nitrogen and oxygen atoms in total. The zero-order chi connectivity index (χ0) is 6.85. The molecule has 0 radical (unpaired) electrons. The van der Waals surface area contributed by atoms with Gasteiger partial charge in [-0.15, -0.1) is 0 Å². The molecule has 0 unspecified atom stereocenters. The highest BCUT2D eigenvalue weighted by atomic mass is 16.2. The number of primary amides is 1. The Morgan fingerprint density at radius 3 is 2.67 bits per heavy atom. The fourth-order valence-corrected chi connectivity index (χ4v) is 0.502. The summed E-state index contributed by atoms with van der Waals surface area (Å²) in [5.74, 6) is -0.451. The molecule has 5 heteroatoms. The fraction of sp³-hybridized carbons (Fsp3) is 0. The molecule has 0 aliphatic rings. The number of aromatic amines is 1. The van der Waals surface area contributed by atoms with Crippen LogP contribution in [0.15, 0.2) is 6.33 Å². The van der Waals surface area contributed by atoms with E-state index in [9.17, 15) is 4.79 Å². The number of aromatic nitrogens is 2. The fourth-order valence-electron chi connectivity index (χ4n) is 0.502. The van der Waals surface area contributed by atoms with Gasteiger partial charge in [-0.05, 0) is 0 Å². The van der Waals surface area contributed by atoms with Gasteiger partial charge < -0.3 is 16.5 Å². The van der Waals surface area contributed by atoms with Gasteiger partial charge in [-0.3, -0.25) is 4.79 Å². The molecular formula is C4H6N4O. The summed E-state index contributed by atoms with van der Waals surface area (Å²) < 4.78 is 0. The van der Waals surface area contributed by atoms with Crippen molar-refractivity contribution in [3.8, 4) is 0 Å². The molecule has 0 fully saturated rings. The van der Waals surface area contributed by atoms with Crippen LogP contribution in [0.1, 0.15) is 10.5 Å². The molecule has 0 aromatic carbocycles. The molecule has 0 saturated heterocycles. The van der Waals surface area contributed by atoms with Gasteiger partial charge in [0.05, 0.1) is 6.33 Å². The van der Waals surface area contributed by atoms with E-state index in [-0.39, 0.29) is 11.5 Å². The van der Waals surface area contributed by atoms with Crippen molar-refractivity contribution in [2.75, 3.05) is 5.73 Å². The third-order valence-electron chi connectivity index (χ3n) is 0.915. The molecule has 0 bridgehead atoms. The maximum atomic E-state index is 10.4. The van der Waals surface area contributed by atoms with Crippen LogP contribution in [0.3, 0.4) is 0 Å². The van der Waals surface area contributed by atoms with E-state index in [1.807, 2.05) is 0 Å². The molecule has 0 spiro atoms. The topological polar surface area (TPSA) is 97.8 Å². The van der Waals surface area contributed by atoms with Crippen molar-refractivity contribution < 1.29 is 4.79 Å². The lowest BCUT2D eigenvalue weighted by molar-refractivity contribution is 0.0997. The number of carbonyl (C=O) groups excluding carboxylic acids is 1. The van der Waals surface area contributed by atoms with Crippen LogP contribution in [0.4, 0.5) is 5.82 Å². The summed E-state index contributed by atoms with van der Waals surface area (Å²) in [7, 11) is 0. The third kappa shape index (κ3) is 0.835. The van der Waals surface area contributed by atoms with Gasteiger partial charge in [0.2, 0.25) is 0 Å². The van der Waals surface area contributed by atoms with Crippen molar-refractivity contribution in [3.05, 3.63) is 12.0 Å². The minimum atomic E-state index is -0.593. The maximum Gasteiger partial charge on any atom is 0.269 e. The second kappa shape index (κ2) is 1.77. The Balaban J connectivity index is 3.08. The third-order valence-corrected chi connectivity index (χ3v) is 0.915. The minimum Gasteiger partial charge on any atom is -0.382 e. The van der Waals surface area contributed by atoms with Gasteiger partial charge in [-0.1, -0.05) is 0 Å². The van der Waals surface area contributed by atoms with Gasteiger partial charge >= 0.3 is 0 Å². The Morgan fingerprint density at radius 1 is 1.78 bits per heavy atom. The highest BCUT2D eigenvalue weighted by Gasteiger charge is 2.05. The molecule has 48 valence electrons. The number of nitrogens with two attached hydrogens (primary N) is 2. The number of hydrogen-bond acceptors (Lipinski definition) is 3. The lowest BCUT2D eigenvalue weighted by Gasteiger charge is -1.87. The van der Waals surface area contributed by atoms with Crippen LogP contribution >= 0.6 is 0 Å². The van der Waals surface area contributed by atoms with Crippen molar-refractivity contribution in [3.63, 3.8) is 0 Å². The molecule has 0 aliphatic carbocycles. The van der Waals surface area contributed by atoms with E-state index in [0.29, 0.717) is 0 Å². The monoisotopic (exact) mass is 127 g/mol. The number of nitrogens with one attached hydrogen (secondary N) is 1. The summed E-state index contributed by atoms with van der Waals surface area (Å²) in [6, 6.07) is 0. The number of nitrogen functional groups attached to an aromatic ring is 1. The first-order chi connectivity index (χ1) is 4.22. The quantitative estimate of drug-likeness (QED) is 0.426.